The maximum Gasteiger partial charge on any atom is 0.246 e. The molecule has 24 heavy (non-hydrogen) atoms. The third kappa shape index (κ3) is 4.04. The van der Waals surface area contributed by atoms with Gasteiger partial charge in [-0.05, 0) is 30.3 Å². The Morgan fingerprint density at radius 2 is 1.88 bits per heavy atom. The minimum absolute atomic E-state index is 0.0906. The number of furan rings is 1. The van der Waals surface area contributed by atoms with Crippen LogP contribution in [-0.4, -0.2) is 31.0 Å². The fraction of sp³-hybridized carbons (Fsp3) is 0.150. The number of nitrogens with zero attached hydrogens (tertiary/aromatic N) is 1. The summed E-state index contributed by atoms with van der Waals surface area (Å²) in [4.78, 5) is 13.7. The van der Waals surface area contributed by atoms with Crippen LogP contribution in [0.15, 0.2) is 71.2 Å². The summed E-state index contributed by atoms with van der Waals surface area (Å²) < 4.78 is 11.2. The Bertz CT molecular complexity index is 803. The predicted octanol–water partition coefficient (Wildman–Crippen LogP) is 3.98. The molecule has 0 aliphatic rings. The van der Waals surface area contributed by atoms with Crippen LogP contribution >= 0.6 is 0 Å². The van der Waals surface area contributed by atoms with Crippen LogP contribution in [0.25, 0.3) is 17.0 Å². The molecule has 0 aliphatic heterocycles. The van der Waals surface area contributed by atoms with Gasteiger partial charge in [0.25, 0.3) is 0 Å². The van der Waals surface area contributed by atoms with Crippen molar-refractivity contribution in [2.75, 3.05) is 20.2 Å². The van der Waals surface area contributed by atoms with Gasteiger partial charge in [-0.3, -0.25) is 4.79 Å². The van der Waals surface area contributed by atoms with E-state index in [2.05, 4.69) is 0 Å². The molecule has 0 bridgehead atoms. The summed E-state index contributed by atoms with van der Waals surface area (Å²) in [5, 5.41) is 1.02. The van der Waals surface area contributed by atoms with Gasteiger partial charge in [-0.25, -0.2) is 0 Å². The second-order valence-corrected chi connectivity index (χ2v) is 5.44. The molecule has 0 aliphatic carbocycles. The van der Waals surface area contributed by atoms with Gasteiger partial charge in [-0.15, -0.1) is 0 Å². The van der Waals surface area contributed by atoms with Crippen molar-refractivity contribution in [3.05, 3.63) is 72.5 Å². The lowest BCUT2D eigenvalue weighted by Gasteiger charge is -2.15. The molecular formula is C20H19NO3. The van der Waals surface area contributed by atoms with E-state index in [0.29, 0.717) is 18.9 Å². The van der Waals surface area contributed by atoms with Crippen molar-refractivity contribution in [3.8, 4) is 5.75 Å². The SMILES string of the molecule is CN(CCOc1ccccc1)C(=O)C=Cc1cc2ccccc2o1. The van der Waals surface area contributed by atoms with Crippen LogP contribution in [0, 0.1) is 0 Å². The Kier molecular flexibility index (Phi) is 4.96. The summed E-state index contributed by atoms with van der Waals surface area (Å²) in [5.74, 6) is 1.38. The van der Waals surface area contributed by atoms with E-state index in [9.17, 15) is 4.79 Å². The molecule has 0 spiro atoms. The number of para-hydroxylation sites is 2. The average molecular weight is 321 g/mol. The van der Waals surface area contributed by atoms with Gasteiger partial charge in [-0.2, -0.15) is 0 Å². The topological polar surface area (TPSA) is 42.7 Å². The molecule has 4 nitrogen and oxygen atoms in total. The molecule has 1 amide bonds. The Labute approximate surface area is 140 Å². The van der Waals surface area contributed by atoms with Crippen molar-refractivity contribution in [1.29, 1.82) is 0 Å². The van der Waals surface area contributed by atoms with Crippen LogP contribution in [0.5, 0.6) is 5.75 Å². The smallest absolute Gasteiger partial charge is 0.246 e. The minimum Gasteiger partial charge on any atom is -0.492 e. The van der Waals surface area contributed by atoms with Gasteiger partial charge in [0.2, 0.25) is 5.91 Å². The lowest BCUT2D eigenvalue weighted by molar-refractivity contribution is -0.125. The van der Waals surface area contributed by atoms with E-state index >= 15 is 0 Å². The molecule has 0 radical (unpaired) electrons. The van der Waals surface area contributed by atoms with Gasteiger partial charge >= 0.3 is 0 Å². The van der Waals surface area contributed by atoms with E-state index in [1.165, 1.54) is 6.08 Å². The molecule has 122 valence electrons. The number of rotatable bonds is 6. The first-order chi connectivity index (χ1) is 11.7. The van der Waals surface area contributed by atoms with Crippen LogP contribution in [0.3, 0.4) is 0 Å². The molecule has 3 rings (SSSR count). The number of amides is 1. The first-order valence-corrected chi connectivity index (χ1v) is 7.82. The third-order valence-electron chi connectivity index (χ3n) is 3.65. The second kappa shape index (κ2) is 7.51. The number of hydrogen-bond acceptors (Lipinski definition) is 3. The molecular weight excluding hydrogens is 302 g/mol. The van der Waals surface area contributed by atoms with Gasteiger partial charge in [0.05, 0.1) is 6.54 Å². The van der Waals surface area contributed by atoms with Gasteiger partial charge in [-0.1, -0.05) is 36.4 Å². The summed E-state index contributed by atoms with van der Waals surface area (Å²) >= 11 is 0. The normalized spacial score (nSPS) is 11.0. The summed E-state index contributed by atoms with van der Waals surface area (Å²) in [6.07, 6.45) is 3.21. The van der Waals surface area contributed by atoms with Crippen LogP contribution in [0.1, 0.15) is 5.76 Å². The Balaban J connectivity index is 1.51. The van der Waals surface area contributed by atoms with Crippen LogP contribution in [0.2, 0.25) is 0 Å². The lowest BCUT2D eigenvalue weighted by Crippen LogP contribution is -2.29. The number of ether oxygens (including phenoxy) is 1. The highest BCUT2D eigenvalue weighted by molar-refractivity contribution is 5.92. The molecule has 3 aromatic rings. The molecule has 0 saturated heterocycles. The number of likely N-dealkylation sites (N-methyl/N-ethyl adjacent to an activating group) is 1. The standard InChI is InChI=1S/C20H19NO3/c1-21(13-14-23-17-8-3-2-4-9-17)20(22)12-11-18-15-16-7-5-6-10-19(16)24-18/h2-12,15H,13-14H2,1H3. The molecule has 0 N–H and O–H groups in total. The number of fused-ring (bicyclic) bond motifs is 1. The zero-order chi connectivity index (χ0) is 16.8. The summed E-state index contributed by atoms with van der Waals surface area (Å²) in [5.41, 5.74) is 0.814. The first-order valence-electron chi connectivity index (χ1n) is 7.82. The average Bonchev–Trinajstić information content (AvgIpc) is 3.03. The number of carbonyl (C=O) groups excluding carboxylic acids is 1. The fourth-order valence-electron chi connectivity index (χ4n) is 2.29. The fourth-order valence-corrected chi connectivity index (χ4v) is 2.29. The molecule has 0 saturated carbocycles. The number of benzene rings is 2. The maximum atomic E-state index is 12.1. The molecule has 4 heteroatoms. The van der Waals surface area contributed by atoms with Crippen molar-refractivity contribution >= 4 is 23.0 Å². The maximum absolute atomic E-state index is 12.1. The van der Waals surface area contributed by atoms with E-state index in [1.54, 1.807) is 18.0 Å². The quantitative estimate of drug-likeness (QED) is 0.645. The highest BCUT2D eigenvalue weighted by Gasteiger charge is 2.06. The van der Waals surface area contributed by atoms with Crippen LogP contribution in [-0.2, 0) is 4.79 Å². The minimum atomic E-state index is -0.0906. The third-order valence-corrected chi connectivity index (χ3v) is 3.65. The van der Waals surface area contributed by atoms with E-state index in [0.717, 1.165) is 16.7 Å². The first kappa shape index (κ1) is 15.9. The van der Waals surface area contributed by atoms with Gasteiger partial charge in [0, 0.05) is 18.5 Å². The zero-order valence-electron chi connectivity index (χ0n) is 13.5. The molecule has 0 unspecified atom stereocenters. The van der Waals surface area contributed by atoms with E-state index < -0.39 is 0 Å². The van der Waals surface area contributed by atoms with Gasteiger partial charge in [0.15, 0.2) is 0 Å². The largest absolute Gasteiger partial charge is 0.492 e. The monoisotopic (exact) mass is 321 g/mol. The van der Waals surface area contributed by atoms with Crippen LogP contribution in [0.4, 0.5) is 0 Å². The van der Waals surface area contributed by atoms with E-state index in [4.69, 9.17) is 9.15 Å². The van der Waals surface area contributed by atoms with E-state index in [-0.39, 0.29) is 5.91 Å². The number of hydrogen-bond donors (Lipinski definition) is 0. The molecule has 1 aromatic heterocycles. The highest BCUT2D eigenvalue weighted by atomic mass is 16.5. The summed E-state index contributed by atoms with van der Waals surface area (Å²) in [6, 6.07) is 19.2. The van der Waals surface area contributed by atoms with Crippen molar-refractivity contribution in [2.45, 2.75) is 0 Å². The summed E-state index contributed by atoms with van der Waals surface area (Å²) in [6.45, 7) is 0.961. The predicted molar refractivity (Wildman–Crippen MR) is 94.8 cm³/mol. The molecule has 0 fully saturated rings. The van der Waals surface area contributed by atoms with Gasteiger partial charge in [0.1, 0.15) is 23.7 Å². The lowest BCUT2D eigenvalue weighted by atomic mass is 10.2. The molecule has 0 atom stereocenters. The van der Waals surface area contributed by atoms with Crippen molar-refractivity contribution in [3.63, 3.8) is 0 Å². The molecule has 1 heterocycles. The van der Waals surface area contributed by atoms with Crippen molar-refractivity contribution in [1.82, 2.24) is 4.90 Å². The summed E-state index contributed by atoms with van der Waals surface area (Å²) in [7, 11) is 1.75. The zero-order valence-corrected chi connectivity index (χ0v) is 13.5. The molecule has 2 aromatic carbocycles. The Hall–Kier alpha value is -3.01. The number of carbonyl (C=O) groups is 1. The van der Waals surface area contributed by atoms with Crippen LogP contribution < -0.4 is 4.74 Å². The second-order valence-electron chi connectivity index (χ2n) is 5.44. The Morgan fingerprint density at radius 3 is 2.67 bits per heavy atom. The Morgan fingerprint density at radius 1 is 1.12 bits per heavy atom. The van der Waals surface area contributed by atoms with Gasteiger partial charge < -0.3 is 14.1 Å². The van der Waals surface area contributed by atoms with Crippen molar-refractivity contribution < 1.29 is 13.9 Å². The van der Waals surface area contributed by atoms with Crippen molar-refractivity contribution in [2.24, 2.45) is 0 Å². The van der Waals surface area contributed by atoms with E-state index in [1.807, 2.05) is 60.7 Å². The highest BCUT2D eigenvalue weighted by Crippen LogP contribution is 2.19.